The third-order valence-electron chi connectivity index (χ3n) is 0. The Labute approximate surface area is 142 Å². The van der Waals surface area contributed by atoms with Crippen molar-refractivity contribution in [2.24, 2.45) is 0 Å². The summed E-state index contributed by atoms with van der Waals surface area (Å²) in [6, 6.07) is 0. The van der Waals surface area contributed by atoms with Gasteiger partial charge in [-0.3, -0.25) is 0 Å². The van der Waals surface area contributed by atoms with Gasteiger partial charge in [-0.15, -0.1) is 0 Å². The molecule has 5 heavy (non-hydrogen) atoms. The second-order valence-corrected chi connectivity index (χ2v) is 0. The average Bonchev–Trinajstić information content (AvgIpc) is 0. The van der Waals surface area contributed by atoms with Gasteiger partial charge in [-0.05, 0) is 0 Å². The molecule has 0 saturated carbocycles. The van der Waals surface area contributed by atoms with Gasteiger partial charge in [-0.2, -0.15) is 0 Å². The summed E-state index contributed by atoms with van der Waals surface area (Å²) < 4.78 is 0. The maximum atomic E-state index is 0. The quantitative estimate of drug-likeness (QED) is 0.414. The molecule has 0 saturated heterocycles. The molecule has 0 aliphatic rings. The molecule has 1 radical (unpaired) electrons. The van der Waals surface area contributed by atoms with Crippen LogP contribution in [0.15, 0.2) is 0 Å². The van der Waals surface area contributed by atoms with E-state index in [0.29, 0.717) is 0 Å². The SMILES string of the molecule is [KH].[LiH].[NaH].[Nb].[SbH3]. The summed E-state index contributed by atoms with van der Waals surface area (Å²) in [6.07, 6.45) is 0. The Balaban J connectivity index is 0. The monoisotopic (exact) mass is 289 g/mol. The van der Waals surface area contributed by atoms with E-state index in [4.69, 9.17) is 0 Å². The average molecular weight is 290 g/mol. The van der Waals surface area contributed by atoms with Crippen molar-refractivity contribution < 1.29 is 22.4 Å². The summed E-state index contributed by atoms with van der Waals surface area (Å²) in [7, 11) is 0. The van der Waals surface area contributed by atoms with Crippen molar-refractivity contribution in [1.29, 1.82) is 0 Å². The van der Waals surface area contributed by atoms with Crippen LogP contribution in [-0.4, -0.2) is 124 Å². The Morgan fingerprint density at radius 1 is 1.00 bits per heavy atom. The zero-order chi connectivity index (χ0) is 0. The fourth-order valence-electron chi connectivity index (χ4n) is 0. The summed E-state index contributed by atoms with van der Waals surface area (Å²) in [4.78, 5) is 0. The first-order valence-corrected chi connectivity index (χ1v) is 0. The van der Waals surface area contributed by atoms with Crippen molar-refractivity contribution in [2.45, 2.75) is 0 Å². The molecule has 0 N–H and O–H groups in total. The van der Waals surface area contributed by atoms with E-state index in [-0.39, 0.29) is 147 Å². The van der Waals surface area contributed by atoms with Crippen LogP contribution in [0.2, 0.25) is 0 Å². The van der Waals surface area contributed by atoms with Crippen LogP contribution in [0.3, 0.4) is 0 Å². The van der Waals surface area contributed by atoms with Crippen molar-refractivity contribution in [3.63, 3.8) is 0 Å². The molecule has 0 rings (SSSR count). The molecule has 0 unspecified atom stereocenters. The van der Waals surface area contributed by atoms with Gasteiger partial charge in [0.25, 0.3) is 0 Å². The van der Waals surface area contributed by atoms with Crippen LogP contribution in [0.4, 0.5) is 0 Å². The Hall–Kier alpha value is 4.79. The Morgan fingerprint density at radius 3 is 1.00 bits per heavy atom. The summed E-state index contributed by atoms with van der Waals surface area (Å²) >= 11 is 0. The topological polar surface area (TPSA) is 0 Å². The zero-order valence-corrected chi connectivity index (χ0v) is 7.39. The summed E-state index contributed by atoms with van der Waals surface area (Å²) in [5.74, 6) is 0. The van der Waals surface area contributed by atoms with Crippen LogP contribution in [0.5, 0.6) is 0 Å². The zero-order valence-electron chi connectivity index (χ0n) is 1.15. The molecule has 0 aliphatic heterocycles. The molecule has 0 atom stereocenters. The molecular formula is H6KLiNaNbSb. The van der Waals surface area contributed by atoms with Crippen molar-refractivity contribution in [1.82, 2.24) is 0 Å². The van der Waals surface area contributed by atoms with Gasteiger partial charge in [0.1, 0.15) is 0 Å². The van der Waals surface area contributed by atoms with Gasteiger partial charge in [0.05, 0.1) is 0 Å². The molecule has 0 fully saturated rings. The fraction of sp³-hybridized carbons (Fsp3) is 0. The molecule has 5 heteroatoms. The molecular weight excluding hydrogens is 284 g/mol. The first kappa shape index (κ1) is 33.0. The molecule has 0 heterocycles. The van der Waals surface area contributed by atoms with Crippen molar-refractivity contribution in [2.75, 3.05) is 0 Å². The van der Waals surface area contributed by atoms with Gasteiger partial charge in [0.15, 0.2) is 0 Å². The van der Waals surface area contributed by atoms with E-state index in [1.165, 1.54) is 0 Å². The van der Waals surface area contributed by atoms with Crippen LogP contribution in [0.25, 0.3) is 0 Å². The van der Waals surface area contributed by atoms with Gasteiger partial charge in [-0.25, -0.2) is 0 Å². The van der Waals surface area contributed by atoms with Gasteiger partial charge < -0.3 is 0 Å². The molecule has 19 valence electrons. The Kier molecular flexibility index (Phi) is 153. The minimum atomic E-state index is 0. The van der Waals surface area contributed by atoms with Crippen molar-refractivity contribution in [3.05, 3.63) is 0 Å². The van der Waals surface area contributed by atoms with Gasteiger partial charge in [0.2, 0.25) is 0 Å². The second-order valence-electron chi connectivity index (χ2n) is 0. The predicted molar refractivity (Wildman–Crippen MR) is 31.4 cm³/mol. The van der Waals surface area contributed by atoms with E-state index in [0.717, 1.165) is 0 Å². The van der Waals surface area contributed by atoms with Crippen LogP contribution in [0, 0.1) is 0 Å². The van der Waals surface area contributed by atoms with E-state index < -0.39 is 0 Å². The second kappa shape index (κ2) is 23.2. The number of hydrogen-bond donors (Lipinski definition) is 0. The normalized spacial score (nSPS) is 0. The summed E-state index contributed by atoms with van der Waals surface area (Å²) in [5, 5.41) is 0. The van der Waals surface area contributed by atoms with Gasteiger partial charge in [0, 0.05) is 22.4 Å². The van der Waals surface area contributed by atoms with Crippen molar-refractivity contribution >= 4 is 124 Å². The van der Waals surface area contributed by atoms with E-state index in [1.54, 1.807) is 0 Å². The number of hydrogen-bond acceptors (Lipinski definition) is 0. The fourth-order valence-corrected chi connectivity index (χ4v) is 0. The van der Waals surface area contributed by atoms with Gasteiger partial charge in [-0.1, -0.05) is 0 Å². The summed E-state index contributed by atoms with van der Waals surface area (Å²) in [5.41, 5.74) is 0. The maximum absolute atomic E-state index is 0. The van der Waals surface area contributed by atoms with E-state index >= 15 is 0 Å². The molecule has 0 aromatic rings. The van der Waals surface area contributed by atoms with Crippen LogP contribution < -0.4 is 0 Å². The number of rotatable bonds is 0. The standard InChI is InChI=1S/K.Li.Na.Nb.Sb.6H. The van der Waals surface area contributed by atoms with Crippen molar-refractivity contribution in [3.8, 4) is 0 Å². The molecule has 0 aromatic heterocycles. The van der Waals surface area contributed by atoms with E-state index in [9.17, 15) is 0 Å². The summed E-state index contributed by atoms with van der Waals surface area (Å²) in [6.45, 7) is 0. The molecule has 0 nitrogen and oxygen atoms in total. The molecule has 0 amide bonds. The van der Waals surface area contributed by atoms with E-state index in [2.05, 4.69) is 0 Å². The van der Waals surface area contributed by atoms with Crippen LogP contribution in [-0.2, 0) is 22.4 Å². The minimum absolute atomic E-state index is 0. The van der Waals surface area contributed by atoms with Gasteiger partial charge >= 0.3 is 124 Å². The Bertz CT molecular complexity index is 11.6. The molecule has 0 aliphatic carbocycles. The van der Waals surface area contributed by atoms with E-state index in [1.807, 2.05) is 0 Å². The first-order chi connectivity index (χ1) is 0. The van der Waals surface area contributed by atoms with Crippen LogP contribution >= 0.6 is 0 Å². The predicted octanol–water partition coefficient (Wildman–Crippen LogP) is -3.13. The molecule has 0 spiro atoms. The third kappa shape index (κ3) is 17.7. The molecule has 0 aromatic carbocycles. The molecule has 0 bridgehead atoms. The first-order valence-electron chi connectivity index (χ1n) is 0. The Morgan fingerprint density at radius 2 is 1.00 bits per heavy atom. The third-order valence-corrected chi connectivity index (χ3v) is 0. The van der Waals surface area contributed by atoms with Crippen LogP contribution in [0.1, 0.15) is 0 Å².